The van der Waals surface area contributed by atoms with Gasteiger partial charge in [0.15, 0.2) is 0 Å². The maximum atomic E-state index is 5.52. The van der Waals surface area contributed by atoms with Crippen LogP contribution in [0.3, 0.4) is 0 Å². The van der Waals surface area contributed by atoms with Gasteiger partial charge in [0.05, 0.1) is 19.0 Å². The van der Waals surface area contributed by atoms with Crippen molar-refractivity contribution >= 4 is 11.6 Å². The highest BCUT2D eigenvalue weighted by atomic mass is 35.5. The molecule has 0 spiro atoms. The van der Waals surface area contributed by atoms with Crippen LogP contribution in [0, 0.1) is 0 Å². The van der Waals surface area contributed by atoms with E-state index in [-0.39, 0.29) is 0 Å². The summed E-state index contributed by atoms with van der Waals surface area (Å²) in [5.41, 5.74) is 0. The number of rotatable bonds is 4. The van der Waals surface area contributed by atoms with Crippen LogP contribution < -0.4 is 4.74 Å². The Kier molecular flexibility index (Phi) is 3.76. The Morgan fingerprint density at radius 3 is 2.75 bits per heavy atom. The highest BCUT2D eigenvalue weighted by molar-refractivity contribution is 6.29. The summed E-state index contributed by atoms with van der Waals surface area (Å²) in [5, 5.41) is 0.356. The maximum Gasteiger partial charge on any atom is 0.232 e. The Hall–Kier alpha value is -0.870. The maximum absolute atomic E-state index is 5.52. The van der Waals surface area contributed by atoms with Gasteiger partial charge in [0.1, 0.15) is 11.8 Å². The van der Waals surface area contributed by atoms with Gasteiger partial charge in [-0.25, -0.2) is 9.97 Å². The molecule has 4 nitrogen and oxygen atoms in total. The summed E-state index contributed by atoms with van der Waals surface area (Å²) in [6, 6.07) is 0. The minimum absolute atomic E-state index is 0.356. The molecule has 0 saturated carbocycles. The summed E-state index contributed by atoms with van der Waals surface area (Å²) in [5.74, 6) is 0.455. The van der Waals surface area contributed by atoms with Crippen LogP contribution in [-0.4, -0.2) is 30.3 Å². The standard InChI is InChI=1S/C7H9ClN2O2/c1-11-2-3-12-7-5-9-6(8)4-10-7/h4-5H,2-3H2,1H3. The molecular formula is C7H9ClN2O2. The molecule has 0 aliphatic rings. The quantitative estimate of drug-likeness (QED) is 0.665. The van der Waals surface area contributed by atoms with Crippen LogP contribution >= 0.6 is 11.6 Å². The summed E-state index contributed by atoms with van der Waals surface area (Å²) >= 11 is 5.52. The van der Waals surface area contributed by atoms with Gasteiger partial charge in [-0.1, -0.05) is 11.6 Å². The molecule has 0 aliphatic heterocycles. The molecule has 0 saturated heterocycles. The van der Waals surface area contributed by atoms with Gasteiger partial charge < -0.3 is 9.47 Å². The zero-order chi connectivity index (χ0) is 8.81. The lowest BCUT2D eigenvalue weighted by molar-refractivity contribution is 0.143. The minimum atomic E-state index is 0.356. The van der Waals surface area contributed by atoms with Crippen molar-refractivity contribution in [3.8, 4) is 5.88 Å². The number of aromatic nitrogens is 2. The highest BCUT2D eigenvalue weighted by Gasteiger charge is 1.94. The van der Waals surface area contributed by atoms with E-state index < -0.39 is 0 Å². The normalized spacial score (nSPS) is 9.83. The predicted molar refractivity (Wildman–Crippen MR) is 44.4 cm³/mol. The third kappa shape index (κ3) is 3.02. The van der Waals surface area contributed by atoms with E-state index in [0.717, 1.165) is 0 Å². The van der Waals surface area contributed by atoms with Gasteiger partial charge in [-0.3, -0.25) is 0 Å². The summed E-state index contributed by atoms with van der Waals surface area (Å²) in [6.07, 6.45) is 2.90. The van der Waals surface area contributed by atoms with Gasteiger partial charge in [-0.05, 0) is 0 Å². The first-order chi connectivity index (χ1) is 5.83. The van der Waals surface area contributed by atoms with E-state index in [9.17, 15) is 0 Å². The van der Waals surface area contributed by atoms with Crippen LogP contribution in [0.4, 0.5) is 0 Å². The summed E-state index contributed by atoms with van der Waals surface area (Å²) in [7, 11) is 1.61. The molecule has 0 aromatic carbocycles. The van der Waals surface area contributed by atoms with Gasteiger partial charge in [0.2, 0.25) is 5.88 Å². The number of hydrogen-bond donors (Lipinski definition) is 0. The van der Waals surface area contributed by atoms with E-state index in [1.54, 1.807) is 7.11 Å². The Morgan fingerprint density at radius 1 is 1.33 bits per heavy atom. The summed E-state index contributed by atoms with van der Waals surface area (Å²) in [4.78, 5) is 7.67. The SMILES string of the molecule is COCCOc1cnc(Cl)cn1. The largest absolute Gasteiger partial charge is 0.474 e. The Balaban J connectivity index is 2.37. The van der Waals surface area contributed by atoms with Crippen molar-refractivity contribution in [2.45, 2.75) is 0 Å². The van der Waals surface area contributed by atoms with Crippen molar-refractivity contribution in [1.82, 2.24) is 9.97 Å². The number of methoxy groups -OCH3 is 1. The molecule has 12 heavy (non-hydrogen) atoms. The van der Waals surface area contributed by atoms with E-state index in [0.29, 0.717) is 24.2 Å². The molecule has 1 aromatic heterocycles. The molecule has 5 heteroatoms. The van der Waals surface area contributed by atoms with Crippen LogP contribution in [0.1, 0.15) is 0 Å². The Morgan fingerprint density at radius 2 is 2.17 bits per heavy atom. The van der Waals surface area contributed by atoms with Crippen molar-refractivity contribution < 1.29 is 9.47 Å². The molecule has 0 radical (unpaired) electrons. The van der Waals surface area contributed by atoms with Crippen LogP contribution in [0.15, 0.2) is 12.4 Å². The fourth-order valence-corrected chi connectivity index (χ4v) is 0.702. The second-order valence-electron chi connectivity index (χ2n) is 2.02. The van der Waals surface area contributed by atoms with Crippen molar-refractivity contribution in [1.29, 1.82) is 0 Å². The van der Waals surface area contributed by atoms with Gasteiger partial charge in [0.25, 0.3) is 0 Å². The lowest BCUT2D eigenvalue weighted by atomic mass is 10.7. The first-order valence-corrected chi connectivity index (χ1v) is 3.80. The number of hydrogen-bond acceptors (Lipinski definition) is 4. The van der Waals surface area contributed by atoms with Crippen LogP contribution in [0.25, 0.3) is 0 Å². The zero-order valence-corrected chi connectivity index (χ0v) is 7.41. The van der Waals surface area contributed by atoms with E-state index >= 15 is 0 Å². The minimum Gasteiger partial charge on any atom is -0.474 e. The van der Waals surface area contributed by atoms with E-state index in [2.05, 4.69) is 9.97 Å². The smallest absolute Gasteiger partial charge is 0.232 e. The van der Waals surface area contributed by atoms with Crippen molar-refractivity contribution in [2.24, 2.45) is 0 Å². The molecule has 0 unspecified atom stereocenters. The van der Waals surface area contributed by atoms with Crippen molar-refractivity contribution in [3.63, 3.8) is 0 Å². The van der Waals surface area contributed by atoms with Gasteiger partial charge in [-0.2, -0.15) is 0 Å². The second-order valence-corrected chi connectivity index (χ2v) is 2.41. The number of halogens is 1. The predicted octanol–water partition coefficient (Wildman–Crippen LogP) is 1.16. The first-order valence-electron chi connectivity index (χ1n) is 3.42. The van der Waals surface area contributed by atoms with Crippen molar-refractivity contribution in [3.05, 3.63) is 17.5 Å². The monoisotopic (exact) mass is 188 g/mol. The molecule has 66 valence electrons. The summed E-state index contributed by atoms with van der Waals surface area (Å²) in [6.45, 7) is 0.997. The van der Waals surface area contributed by atoms with Gasteiger partial charge in [-0.15, -0.1) is 0 Å². The Labute approximate surface area is 75.5 Å². The van der Waals surface area contributed by atoms with Crippen LogP contribution in [0.5, 0.6) is 5.88 Å². The summed E-state index contributed by atoms with van der Waals surface area (Å²) < 4.78 is 9.93. The highest BCUT2D eigenvalue weighted by Crippen LogP contribution is 2.06. The second kappa shape index (κ2) is 4.90. The third-order valence-electron chi connectivity index (χ3n) is 1.13. The fourth-order valence-electron chi connectivity index (χ4n) is 0.605. The van der Waals surface area contributed by atoms with Gasteiger partial charge >= 0.3 is 0 Å². The van der Waals surface area contributed by atoms with Crippen LogP contribution in [-0.2, 0) is 4.74 Å². The average molecular weight is 189 g/mol. The first kappa shape index (κ1) is 9.22. The van der Waals surface area contributed by atoms with Gasteiger partial charge in [0, 0.05) is 7.11 Å². The molecule has 0 aliphatic carbocycles. The molecule has 0 amide bonds. The lowest BCUT2D eigenvalue weighted by Gasteiger charge is -2.02. The number of ether oxygens (including phenoxy) is 2. The molecule has 1 aromatic rings. The molecular weight excluding hydrogens is 180 g/mol. The molecule has 0 atom stereocenters. The van der Waals surface area contributed by atoms with E-state index in [4.69, 9.17) is 21.1 Å². The fraction of sp³-hybridized carbons (Fsp3) is 0.429. The molecule has 0 bridgehead atoms. The zero-order valence-electron chi connectivity index (χ0n) is 6.66. The Bertz CT molecular complexity index is 227. The number of nitrogens with zero attached hydrogens (tertiary/aromatic N) is 2. The average Bonchev–Trinajstić information content (AvgIpc) is 2.09. The third-order valence-corrected chi connectivity index (χ3v) is 1.33. The molecule has 1 rings (SSSR count). The molecule has 0 N–H and O–H groups in total. The van der Waals surface area contributed by atoms with E-state index in [1.807, 2.05) is 0 Å². The van der Waals surface area contributed by atoms with E-state index in [1.165, 1.54) is 12.4 Å². The lowest BCUT2D eigenvalue weighted by Crippen LogP contribution is -2.05. The molecule has 1 heterocycles. The topological polar surface area (TPSA) is 44.2 Å². The van der Waals surface area contributed by atoms with Crippen molar-refractivity contribution in [2.75, 3.05) is 20.3 Å². The van der Waals surface area contributed by atoms with Crippen LogP contribution in [0.2, 0.25) is 5.15 Å². The molecule has 0 fully saturated rings.